The molecular formula is C10H19N3. The van der Waals surface area contributed by atoms with Gasteiger partial charge in [0.05, 0.1) is 0 Å². The van der Waals surface area contributed by atoms with E-state index in [1.165, 1.54) is 39.3 Å². The second-order valence-electron chi connectivity index (χ2n) is 3.94. The molecule has 0 aliphatic carbocycles. The zero-order chi connectivity index (χ0) is 9.10. The van der Waals surface area contributed by atoms with Gasteiger partial charge in [-0.15, -0.1) is 6.58 Å². The van der Waals surface area contributed by atoms with Gasteiger partial charge in [0.2, 0.25) is 0 Å². The van der Waals surface area contributed by atoms with Crippen LogP contribution in [0.4, 0.5) is 0 Å². The summed E-state index contributed by atoms with van der Waals surface area (Å²) in [6.45, 7) is 12.1. The highest BCUT2D eigenvalue weighted by molar-refractivity contribution is 4.88. The van der Waals surface area contributed by atoms with Crippen LogP contribution in [0.1, 0.15) is 0 Å². The molecule has 0 aromatic rings. The van der Waals surface area contributed by atoms with E-state index in [2.05, 4.69) is 21.7 Å². The maximum absolute atomic E-state index is 3.77. The van der Waals surface area contributed by atoms with E-state index in [1.807, 2.05) is 6.08 Å². The molecule has 1 N–H and O–H groups in total. The molecule has 0 atom stereocenters. The Kier molecular flexibility index (Phi) is 2.98. The van der Waals surface area contributed by atoms with E-state index in [-0.39, 0.29) is 0 Å². The lowest BCUT2D eigenvalue weighted by molar-refractivity contribution is 0.0782. The van der Waals surface area contributed by atoms with Crippen molar-refractivity contribution >= 4 is 0 Å². The Morgan fingerprint density at radius 1 is 1.23 bits per heavy atom. The first-order chi connectivity index (χ1) is 6.40. The van der Waals surface area contributed by atoms with E-state index in [0.29, 0.717) is 0 Å². The molecule has 74 valence electrons. The molecule has 3 nitrogen and oxygen atoms in total. The summed E-state index contributed by atoms with van der Waals surface area (Å²) in [5, 5.41) is 3.32. The number of hydrogen-bond donors (Lipinski definition) is 1. The first-order valence-corrected chi connectivity index (χ1v) is 5.18. The molecule has 0 bridgehead atoms. The van der Waals surface area contributed by atoms with Gasteiger partial charge in [0.1, 0.15) is 0 Å². The monoisotopic (exact) mass is 181 g/mol. The van der Waals surface area contributed by atoms with Crippen molar-refractivity contribution in [3.8, 4) is 0 Å². The minimum absolute atomic E-state index is 0.825. The van der Waals surface area contributed by atoms with Gasteiger partial charge in [-0.05, 0) is 0 Å². The van der Waals surface area contributed by atoms with E-state index in [4.69, 9.17) is 0 Å². The molecule has 2 fully saturated rings. The van der Waals surface area contributed by atoms with Gasteiger partial charge in [-0.2, -0.15) is 0 Å². The van der Waals surface area contributed by atoms with E-state index < -0.39 is 0 Å². The first-order valence-electron chi connectivity index (χ1n) is 5.18. The van der Waals surface area contributed by atoms with E-state index in [0.717, 1.165) is 12.6 Å². The Labute approximate surface area is 80.4 Å². The van der Waals surface area contributed by atoms with Gasteiger partial charge in [-0.25, -0.2) is 0 Å². The molecule has 0 spiro atoms. The number of hydrogen-bond acceptors (Lipinski definition) is 3. The number of nitrogens with one attached hydrogen (secondary N) is 1. The maximum atomic E-state index is 3.77. The van der Waals surface area contributed by atoms with Crippen molar-refractivity contribution < 1.29 is 0 Å². The van der Waals surface area contributed by atoms with Crippen LogP contribution in [0.25, 0.3) is 0 Å². The van der Waals surface area contributed by atoms with Crippen molar-refractivity contribution in [2.75, 3.05) is 45.8 Å². The number of rotatable bonds is 3. The Balaban J connectivity index is 1.72. The molecule has 0 amide bonds. The van der Waals surface area contributed by atoms with Crippen LogP contribution in [-0.2, 0) is 0 Å². The van der Waals surface area contributed by atoms with Gasteiger partial charge >= 0.3 is 0 Å². The fourth-order valence-electron chi connectivity index (χ4n) is 2.03. The van der Waals surface area contributed by atoms with Crippen LogP contribution in [0, 0.1) is 0 Å². The Morgan fingerprint density at radius 2 is 1.92 bits per heavy atom. The number of piperazine rings is 1. The van der Waals surface area contributed by atoms with Crippen molar-refractivity contribution in [2.24, 2.45) is 0 Å². The molecule has 0 saturated carbocycles. The topological polar surface area (TPSA) is 18.5 Å². The molecule has 2 saturated heterocycles. The van der Waals surface area contributed by atoms with Crippen LogP contribution in [0.2, 0.25) is 0 Å². The second-order valence-corrected chi connectivity index (χ2v) is 3.94. The zero-order valence-electron chi connectivity index (χ0n) is 8.21. The first kappa shape index (κ1) is 9.19. The van der Waals surface area contributed by atoms with Crippen LogP contribution >= 0.6 is 0 Å². The van der Waals surface area contributed by atoms with Crippen molar-refractivity contribution in [3.05, 3.63) is 12.7 Å². The molecule has 2 rings (SSSR count). The largest absolute Gasteiger partial charge is 0.314 e. The minimum Gasteiger partial charge on any atom is -0.314 e. The van der Waals surface area contributed by atoms with Gasteiger partial charge in [0.25, 0.3) is 0 Å². The molecule has 2 aliphatic heterocycles. The fraction of sp³-hybridized carbons (Fsp3) is 0.800. The quantitative estimate of drug-likeness (QED) is 0.606. The molecule has 3 heteroatoms. The van der Waals surface area contributed by atoms with Crippen LogP contribution in [0.3, 0.4) is 0 Å². The molecule has 13 heavy (non-hydrogen) atoms. The highest BCUT2D eigenvalue weighted by atomic mass is 15.3. The van der Waals surface area contributed by atoms with Crippen LogP contribution in [-0.4, -0.2) is 61.7 Å². The summed E-state index contributed by atoms with van der Waals surface area (Å²) in [5.41, 5.74) is 0. The smallest absolute Gasteiger partial charge is 0.0346 e. The standard InChI is InChI=1S/C10H19N3/c1-2-3-12-4-6-13(7-5-12)10-8-11-9-10/h2,10-11H,1,3-9H2. The average Bonchev–Trinajstić information content (AvgIpc) is 2.06. The normalized spacial score (nSPS) is 27.1. The van der Waals surface area contributed by atoms with E-state index in [9.17, 15) is 0 Å². The minimum atomic E-state index is 0.825. The summed E-state index contributed by atoms with van der Waals surface area (Å²) >= 11 is 0. The van der Waals surface area contributed by atoms with Gasteiger partial charge in [0, 0.05) is 51.9 Å². The van der Waals surface area contributed by atoms with Crippen molar-refractivity contribution in [1.29, 1.82) is 0 Å². The van der Waals surface area contributed by atoms with Gasteiger partial charge < -0.3 is 5.32 Å². The summed E-state index contributed by atoms with van der Waals surface area (Å²) < 4.78 is 0. The average molecular weight is 181 g/mol. The lowest BCUT2D eigenvalue weighted by Crippen LogP contribution is -2.61. The Morgan fingerprint density at radius 3 is 2.38 bits per heavy atom. The Hall–Kier alpha value is -0.380. The van der Waals surface area contributed by atoms with Gasteiger partial charge in [0.15, 0.2) is 0 Å². The summed E-state index contributed by atoms with van der Waals surface area (Å²) in [4.78, 5) is 5.08. The van der Waals surface area contributed by atoms with Crippen LogP contribution < -0.4 is 5.32 Å². The summed E-state index contributed by atoms with van der Waals surface area (Å²) in [6, 6.07) is 0.825. The fourth-order valence-corrected chi connectivity index (χ4v) is 2.03. The third-order valence-electron chi connectivity index (χ3n) is 3.07. The zero-order valence-corrected chi connectivity index (χ0v) is 8.21. The summed E-state index contributed by atoms with van der Waals surface area (Å²) in [6.07, 6.45) is 2.00. The molecular weight excluding hydrogens is 162 g/mol. The molecule has 0 aromatic heterocycles. The summed E-state index contributed by atoms with van der Waals surface area (Å²) in [5.74, 6) is 0. The highest BCUT2D eigenvalue weighted by Crippen LogP contribution is 2.09. The Bertz CT molecular complexity index is 169. The molecule has 2 heterocycles. The third kappa shape index (κ3) is 2.10. The predicted octanol–water partition coefficient (Wildman–Crippen LogP) is -0.238. The van der Waals surface area contributed by atoms with Crippen LogP contribution in [0.15, 0.2) is 12.7 Å². The lowest BCUT2D eigenvalue weighted by Gasteiger charge is -2.43. The molecule has 0 unspecified atom stereocenters. The SMILES string of the molecule is C=CCN1CCN(C2CNC2)CC1. The second kappa shape index (κ2) is 4.22. The van der Waals surface area contributed by atoms with Crippen LogP contribution in [0.5, 0.6) is 0 Å². The van der Waals surface area contributed by atoms with Crippen molar-refractivity contribution in [3.63, 3.8) is 0 Å². The highest BCUT2D eigenvalue weighted by Gasteiger charge is 2.26. The molecule has 2 aliphatic rings. The predicted molar refractivity (Wildman–Crippen MR) is 54.9 cm³/mol. The maximum Gasteiger partial charge on any atom is 0.0346 e. The third-order valence-corrected chi connectivity index (χ3v) is 3.07. The van der Waals surface area contributed by atoms with Crippen molar-refractivity contribution in [1.82, 2.24) is 15.1 Å². The summed E-state index contributed by atoms with van der Waals surface area (Å²) in [7, 11) is 0. The van der Waals surface area contributed by atoms with E-state index >= 15 is 0 Å². The van der Waals surface area contributed by atoms with Gasteiger partial charge in [-0.1, -0.05) is 6.08 Å². The molecule has 0 radical (unpaired) electrons. The lowest BCUT2D eigenvalue weighted by atomic mass is 10.1. The van der Waals surface area contributed by atoms with Gasteiger partial charge in [-0.3, -0.25) is 9.80 Å². The molecule has 0 aromatic carbocycles. The van der Waals surface area contributed by atoms with Crippen molar-refractivity contribution in [2.45, 2.75) is 6.04 Å². The van der Waals surface area contributed by atoms with E-state index in [1.54, 1.807) is 0 Å². The number of nitrogens with zero attached hydrogens (tertiary/aromatic N) is 2.